The highest BCUT2D eigenvalue weighted by Gasteiger charge is 2.43. The van der Waals surface area contributed by atoms with E-state index < -0.39 is 84.7 Å². The molecule has 2 atom stereocenters. The van der Waals surface area contributed by atoms with Gasteiger partial charge >= 0.3 is 24.7 Å². The fraction of sp³-hybridized carbons (Fsp3) is 0.282. The molecular weight excluding hydrogens is 758 g/mol. The summed E-state index contributed by atoms with van der Waals surface area (Å²) in [5.74, 6) is 0. The summed E-state index contributed by atoms with van der Waals surface area (Å²) in [6.07, 6.45) is -16.7. The summed E-state index contributed by atoms with van der Waals surface area (Å²) in [6, 6.07) is 13.2. The van der Waals surface area contributed by atoms with E-state index in [0.717, 1.165) is 32.9 Å². The molecule has 4 aromatic rings. The molecule has 0 bridgehead atoms. The minimum Gasteiger partial charge on any atom is -0.166 e. The average molecular weight is 791 g/mol. The Hall–Kier alpha value is -3.62. The summed E-state index contributed by atoms with van der Waals surface area (Å²) in [4.78, 5) is 0. The Morgan fingerprint density at radius 3 is 1.08 bits per heavy atom. The Labute approximate surface area is 301 Å². The lowest BCUT2D eigenvalue weighted by Gasteiger charge is -2.35. The van der Waals surface area contributed by atoms with E-state index in [1.54, 1.807) is 6.08 Å². The van der Waals surface area contributed by atoms with Crippen LogP contribution in [0.4, 0.5) is 52.7 Å². The first-order valence-corrected chi connectivity index (χ1v) is 18.9. The van der Waals surface area contributed by atoms with Crippen molar-refractivity contribution in [1.82, 2.24) is 0 Å². The van der Waals surface area contributed by atoms with E-state index >= 15 is 0 Å². The fourth-order valence-corrected chi connectivity index (χ4v) is 12.8. The maximum absolute atomic E-state index is 14.2. The van der Waals surface area contributed by atoms with Crippen molar-refractivity contribution in [3.05, 3.63) is 141 Å². The minimum absolute atomic E-state index is 0.118. The SMILES string of the molecule is Cc1cc(C)cc(P(c2cc(C)cc(C)c2)[C@H](C)C2=CC=CC2P(c2cc(C(F)(F)F)cc(C(F)(F)F)c2)c2cc(C(F)(F)F)cc(C(F)(F)F)c2)c1. The lowest BCUT2D eigenvalue weighted by atomic mass is 10.1. The van der Waals surface area contributed by atoms with Crippen molar-refractivity contribution in [2.24, 2.45) is 0 Å². The lowest BCUT2D eigenvalue weighted by molar-refractivity contribution is -0.144. The second-order valence-corrected chi connectivity index (χ2v) is 18.0. The van der Waals surface area contributed by atoms with Gasteiger partial charge < -0.3 is 0 Å². The van der Waals surface area contributed by atoms with Gasteiger partial charge in [0.2, 0.25) is 0 Å². The van der Waals surface area contributed by atoms with Gasteiger partial charge in [0, 0.05) is 11.3 Å². The van der Waals surface area contributed by atoms with Crippen LogP contribution in [-0.4, -0.2) is 11.3 Å². The molecular formula is C39H32F12P2. The van der Waals surface area contributed by atoms with Crippen molar-refractivity contribution < 1.29 is 52.7 Å². The highest BCUT2D eigenvalue weighted by molar-refractivity contribution is 7.75. The molecule has 0 saturated carbocycles. The number of aryl methyl sites for hydroxylation is 4. The Morgan fingerprint density at radius 2 is 0.774 bits per heavy atom. The van der Waals surface area contributed by atoms with E-state index in [1.165, 1.54) is 12.2 Å². The molecule has 0 radical (unpaired) electrons. The maximum Gasteiger partial charge on any atom is 0.416 e. The van der Waals surface area contributed by atoms with Gasteiger partial charge in [-0.2, -0.15) is 52.7 Å². The molecule has 0 saturated heterocycles. The molecule has 1 aliphatic rings. The Bertz CT molecular complexity index is 1830. The zero-order chi connectivity index (χ0) is 39.4. The zero-order valence-electron chi connectivity index (χ0n) is 28.7. The summed E-state index contributed by atoms with van der Waals surface area (Å²) in [5.41, 5.74) is -4.47. The average Bonchev–Trinajstić information content (AvgIpc) is 3.48. The molecule has 4 aromatic carbocycles. The number of alkyl halides is 12. The molecule has 282 valence electrons. The summed E-state index contributed by atoms with van der Waals surface area (Å²) in [6.45, 7) is 9.40. The number of allylic oxidation sites excluding steroid dienone is 4. The molecule has 0 N–H and O–H groups in total. The minimum atomic E-state index is -5.32. The first-order chi connectivity index (χ1) is 24.3. The number of halogens is 12. The largest absolute Gasteiger partial charge is 0.416 e. The van der Waals surface area contributed by atoms with Crippen molar-refractivity contribution >= 4 is 37.1 Å². The van der Waals surface area contributed by atoms with Crippen LogP contribution in [0.25, 0.3) is 0 Å². The van der Waals surface area contributed by atoms with Crippen LogP contribution in [0.15, 0.2) is 96.6 Å². The van der Waals surface area contributed by atoms with Gasteiger partial charge in [-0.25, -0.2) is 0 Å². The second kappa shape index (κ2) is 14.6. The fourth-order valence-electron chi connectivity index (χ4n) is 6.65. The monoisotopic (exact) mass is 790 g/mol. The number of hydrogen-bond donors (Lipinski definition) is 0. The third-order valence-corrected chi connectivity index (χ3v) is 14.1. The van der Waals surface area contributed by atoms with Crippen molar-refractivity contribution in [2.45, 2.75) is 70.6 Å². The van der Waals surface area contributed by atoms with Gasteiger partial charge in [-0.3, -0.25) is 0 Å². The highest BCUT2D eigenvalue weighted by Crippen LogP contribution is 2.54. The molecule has 0 aliphatic heterocycles. The van der Waals surface area contributed by atoms with Crippen LogP contribution in [0.1, 0.15) is 51.4 Å². The lowest BCUT2D eigenvalue weighted by Crippen LogP contribution is -2.30. The van der Waals surface area contributed by atoms with E-state index in [9.17, 15) is 52.7 Å². The normalized spacial score (nSPS) is 16.1. The summed E-state index contributed by atoms with van der Waals surface area (Å²) >= 11 is 0. The van der Waals surface area contributed by atoms with Crippen LogP contribution in [-0.2, 0) is 24.7 Å². The van der Waals surface area contributed by atoms with Crippen LogP contribution in [0.2, 0.25) is 0 Å². The van der Waals surface area contributed by atoms with E-state index in [1.807, 2.05) is 71.0 Å². The van der Waals surface area contributed by atoms with E-state index in [0.29, 0.717) is 29.8 Å². The zero-order valence-corrected chi connectivity index (χ0v) is 30.5. The summed E-state index contributed by atoms with van der Waals surface area (Å²) in [5, 5.41) is 0.434. The quantitative estimate of drug-likeness (QED) is 0.129. The van der Waals surface area contributed by atoms with Gasteiger partial charge in [0.25, 0.3) is 0 Å². The van der Waals surface area contributed by atoms with Gasteiger partial charge in [0.15, 0.2) is 0 Å². The van der Waals surface area contributed by atoms with Crippen LogP contribution in [0.5, 0.6) is 0 Å². The molecule has 0 nitrogen and oxygen atoms in total. The van der Waals surface area contributed by atoms with Crippen molar-refractivity contribution in [3.63, 3.8) is 0 Å². The molecule has 5 rings (SSSR count). The maximum atomic E-state index is 14.2. The van der Waals surface area contributed by atoms with Gasteiger partial charge in [-0.05, 0) is 101 Å². The van der Waals surface area contributed by atoms with Crippen molar-refractivity contribution in [3.8, 4) is 0 Å². The Morgan fingerprint density at radius 1 is 0.453 bits per heavy atom. The van der Waals surface area contributed by atoms with E-state index in [4.69, 9.17) is 0 Å². The van der Waals surface area contributed by atoms with Crippen LogP contribution in [0, 0.1) is 27.7 Å². The standard InChI is InChI=1S/C39H32F12P2/c1-21-9-22(2)12-30(11-21)52(31-13-23(3)10-24(4)14-31)25(5)34-7-6-8-35(34)53(32-17-26(36(40,41)42)15-27(18-32)37(43,44)45)33-19-28(38(46,47)48)16-29(20-33)39(49,50)51/h6-20,25,35H,1-5H3/t25-,35?/m1/s1. The summed E-state index contributed by atoms with van der Waals surface area (Å²) in [7, 11) is -4.20. The summed E-state index contributed by atoms with van der Waals surface area (Å²) < 4.78 is 170. The molecule has 14 heteroatoms. The molecule has 1 aliphatic carbocycles. The molecule has 0 spiro atoms. The molecule has 0 amide bonds. The van der Waals surface area contributed by atoms with E-state index in [2.05, 4.69) is 0 Å². The van der Waals surface area contributed by atoms with Crippen molar-refractivity contribution in [2.75, 3.05) is 0 Å². The first-order valence-electron chi connectivity index (χ1n) is 16.1. The third-order valence-electron chi connectivity index (χ3n) is 8.74. The molecule has 1 unspecified atom stereocenters. The molecule has 0 aromatic heterocycles. The van der Waals surface area contributed by atoms with Gasteiger partial charge in [-0.15, -0.1) is 0 Å². The number of hydrogen-bond acceptors (Lipinski definition) is 0. The molecule has 0 fully saturated rings. The van der Waals surface area contributed by atoms with Gasteiger partial charge in [0.05, 0.1) is 22.3 Å². The van der Waals surface area contributed by atoms with Gasteiger partial charge in [0.1, 0.15) is 0 Å². The molecule has 0 heterocycles. The topological polar surface area (TPSA) is 0 Å². The Balaban J connectivity index is 1.81. The first kappa shape index (κ1) is 40.6. The van der Waals surface area contributed by atoms with Crippen LogP contribution in [0.3, 0.4) is 0 Å². The number of rotatable bonds is 7. The predicted molar refractivity (Wildman–Crippen MR) is 188 cm³/mol. The Kier molecular flexibility index (Phi) is 11.1. The van der Waals surface area contributed by atoms with Gasteiger partial charge in [-0.1, -0.05) is 89.4 Å². The number of benzene rings is 4. The van der Waals surface area contributed by atoms with Crippen LogP contribution >= 0.6 is 15.8 Å². The smallest absolute Gasteiger partial charge is 0.166 e. The van der Waals surface area contributed by atoms with Crippen LogP contribution < -0.4 is 21.2 Å². The highest BCUT2D eigenvalue weighted by atomic mass is 31.1. The van der Waals surface area contributed by atoms with Crippen molar-refractivity contribution in [1.29, 1.82) is 0 Å². The molecule has 53 heavy (non-hydrogen) atoms. The van der Waals surface area contributed by atoms with E-state index in [-0.39, 0.29) is 12.1 Å². The third kappa shape index (κ3) is 9.20. The predicted octanol–water partition coefficient (Wildman–Crippen LogP) is 11.8. The second-order valence-electron chi connectivity index (χ2n) is 13.1.